The van der Waals surface area contributed by atoms with E-state index in [1.54, 1.807) is 10.6 Å². The smallest absolute Gasteiger partial charge is 0.324 e. The number of halogens is 1. The number of pyridine rings is 1. The first kappa shape index (κ1) is 16.5. The second-order valence-corrected chi connectivity index (χ2v) is 6.41. The van der Waals surface area contributed by atoms with Gasteiger partial charge in [-0.2, -0.15) is 5.10 Å². The van der Waals surface area contributed by atoms with Crippen molar-refractivity contribution in [1.82, 2.24) is 9.61 Å². The molecule has 0 saturated heterocycles. The van der Waals surface area contributed by atoms with Gasteiger partial charge in [0.25, 0.3) is 0 Å². The summed E-state index contributed by atoms with van der Waals surface area (Å²) in [5.74, 6) is -2.79. The highest BCUT2D eigenvalue weighted by Gasteiger charge is 2.35. The van der Waals surface area contributed by atoms with Gasteiger partial charge in [-0.05, 0) is 36.4 Å². The van der Waals surface area contributed by atoms with Crippen LogP contribution < -0.4 is 0 Å². The lowest BCUT2D eigenvalue weighted by Crippen LogP contribution is -2.24. The Morgan fingerprint density at radius 2 is 1.88 bits per heavy atom. The minimum Gasteiger partial charge on any atom is -0.468 e. The molecule has 1 aliphatic rings. The summed E-state index contributed by atoms with van der Waals surface area (Å²) in [7, 11) is 2.41. The number of carbonyl (C=O) groups excluding carboxylic acids is 2. The van der Waals surface area contributed by atoms with E-state index in [1.807, 2.05) is 6.07 Å². The van der Waals surface area contributed by atoms with Crippen molar-refractivity contribution in [2.45, 2.75) is 24.7 Å². The Bertz CT molecular complexity index is 1020. The lowest BCUT2D eigenvalue weighted by molar-refractivity contribution is -0.154. The van der Waals surface area contributed by atoms with Gasteiger partial charge in [0.2, 0.25) is 0 Å². The van der Waals surface area contributed by atoms with Crippen LogP contribution in [0.5, 0.6) is 0 Å². The zero-order chi connectivity index (χ0) is 18.4. The molecule has 2 heterocycles. The number of methoxy groups -OCH3 is 2. The third kappa shape index (κ3) is 2.51. The number of rotatable bonds is 4. The summed E-state index contributed by atoms with van der Waals surface area (Å²) in [6.07, 6.45) is 3.56. The van der Waals surface area contributed by atoms with Gasteiger partial charge in [0.1, 0.15) is 5.82 Å². The third-order valence-corrected chi connectivity index (χ3v) is 4.80. The van der Waals surface area contributed by atoms with E-state index in [0.717, 1.165) is 23.9 Å². The summed E-state index contributed by atoms with van der Waals surface area (Å²) in [6, 6.07) is 6.46. The molecule has 0 bridgehead atoms. The normalized spacial score (nSPS) is 14.2. The van der Waals surface area contributed by atoms with Crippen LogP contribution in [0.15, 0.2) is 30.5 Å². The molecule has 0 amide bonds. The standard InChI is InChI=1S/C19H17FN2O4/c1-25-18(23)16(19(24)26-2)14-9-21-22-15(10-3-4-10)7-11-5-6-12(20)8-13(11)17(14)22/h5-10,16H,3-4H2,1-2H3. The number of esters is 2. The molecular weight excluding hydrogens is 339 g/mol. The van der Waals surface area contributed by atoms with Crippen LogP contribution in [0.3, 0.4) is 0 Å². The monoisotopic (exact) mass is 356 g/mol. The van der Waals surface area contributed by atoms with E-state index in [-0.39, 0.29) is 0 Å². The Morgan fingerprint density at radius 1 is 1.19 bits per heavy atom. The molecule has 1 fully saturated rings. The van der Waals surface area contributed by atoms with Crippen LogP contribution in [0.1, 0.15) is 35.9 Å². The molecular formula is C19H17FN2O4. The van der Waals surface area contributed by atoms with Crippen LogP contribution in [-0.4, -0.2) is 35.8 Å². The Morgan fingerprint density at radius 3 is 2.50 bits per heavy atom. The molecule has 1 aromatic carbocycles. The highest BCUT2D eigenvalue weighted by atomic mass is 19.1. The van der Waals surface area contributed by atoms with Crippen molar-refractivity contribution in [3.05, 3.63) is 47.5 Å². The average Bonchev–Trinajstić information content (AvgIpc) is 3.40. The Hall–Kier alpha value is -2.96. The fourth-order valence-electron chi connectivity index (χ4n) is 3.37. The maximum atomic E-state index is 13.9. The van der Waals surface area contributed by atoms with Gasteiger partial charge in [0, 0.05) is 22.6 Å². The van der Waals surface area contributed by atoms with Gasteiger partial charge >= 0.3 is 11.9 Å². The van der Waals surface area contributed by atoms with Gasteiger partial charge < -0.3 is 9.47 Å². The Balaban J connectivity index is 2.06. The fourth-order valence-corrected chi connectivity index (χ4v) is 3.37. The Kier molecular flexibility index (Phi) is 3.86. The number of hydrogen-bond acceptors (Lipinski definition) is 5. The fraction of sp³-hybridized carbons (Fsp3) is 0.316. The topological polar surface area (TPSA) is 69.9 Å². The molecule has 2 aromatic heterocycles. The van der Waals surface area contributed by atoms with Crippen molar-refractivity contribution in [3.63, 3.8) is 0 Å². The lowest BCUT2D eigenvalue weighted by atomic mass is 9.97. The number of carbonyl (C=O) groups is 2. The first-order valence-electron chi connectivity index (χ1n) is 8.30. The van der Waals surface area contributed by atoms with E-state index in [4.69, 9.17) is 9.47 Å². The van der Waals surface area contributed by atoms with E-state index >= 15 is 0 Å². The SMILES string of the molecule is COC(=O)C(C(=O)OC)c1cnn2c(C3CC3)cc3ccc(F)cc3c12. The molecule has 0 spiro atoms. The van der Waals surface area contributed by atoms with E-state index in [2.05, 4.69) is 5.10 Å². The summed E-state index contributed by atoms with van der Waals surface area (Å²) in [4.78, 5) is 24.5. The summed E-state index contributed by atoms with van der Waals surface area (Å²) in [5.41, 5.74) is 1.87. The number of ether oxygens (including phenoxy) is 2. The second-order valence-electron chi connectivity index (χ2n) is 6.41. The summed E-state index contributed by atoms with van der Waals surface area (Å²) < 4.78 is 25.2. The van der Waals surface area contributed by atoms with Crippen LogP contribution in [0, 0.1) is 5.82 Å². The summed E-state index contributed by atoms with van der Waals surface area (Å²) in [6.45, 7) is 0. The van der Waals surface area contributed by atoms with Gasteiger partial charge in [-0.15, -0.1) is 0 Å². The maximum absolute atomic E-state index is 13.9. The number of hydrogen-bond donors (Lipinski definition) is 0. The zero-order valence-electron chi connectivity index (χ0n) is 14.4. The molecule has 26 heavy (non-hydrogen) atoms. The highest BCUT2D eigenvalue weighted by molar-refractivity contribution is 6.06. The highest BCUT2D eigenvalue weighted by Crippen LogP contribution is 2.42. The molecule has 3 aromatic rings. The van der Waals surface area contributed by atoms with Crippen molar-refractivity contribution in [2.24, 2.45) is 0 Å². The van der Waals surface area contributed by atoms with Crippen molar-refractivity contribution < 1.29 is 23.5 Å². The van der Waals surface area contributed by atoms with Gasteiger partial charge in [0.05, 0.1) is 25.9 Å². The van der Waals surface area contributed by atoms with E-state index < -0.39 is 23.7 Å². The average molecular weight is 356 g/mol. The zero-order valence-corrected chi connectivity index (χ0v) is 14.4. The predicted octanol–water partition coefficient (Wildman–Crippen LogP) is 2.93. The van der Waals surface area contributed by atoms with Crippen molar-refractivity contribution in [1.29, 1.82) is 0 Å². The van der Waals surface area contributed by atoms with Gasteiger partial charge in [-0.1, -0.05) is 6.07 Å². The molecule has 1 saturated carbocycles. The maximum Gasteiger partial charge on any atom is 0.324 e. The molecule has 0 atom stereocenters. The summed E-state index contributed by atoms with van der Waals surface area (Å²) in [5, 5.41) is 5.81. The van der Waals surface area contributed by atoms with Crippen molar-refractivity contribution in [2.75, 3.05) is 14.2 Å². The molecule has 1 aliphatic carbocycles. The number of aromatic nitrogens is 2. The minimum atomic E-state index is -1.27. The lowest BCUT2D eigenvalue weighted by Gasteiger charge is -2.14. The Labute approximate surface area is 148 Å². The van der Waals surface area contributed by atoms with Gasteiger partial charge in [0.15, 0.2) is 5.92 Å². The predicted molar refractivity (Wildman–Crippen MR) is 91.4 cm³/mol. The molecule has 0 unspecified atom stereocenters. The molecule has 7 heteroatoms. The summed E-state index contributed by atoms with van der Waals surface area (Å²) >= 11 is 0. The second kappa shape index (κ2) is 6.09. The molecule has 0 radical (unpaired) electrons. The number of fused-ring (bicyclic) bond motifs is 3. The third-order valence-electron chi connectivity index (χ3n) is 4.80. The van der Waals surface area contributed by atoms with Crippen LogP contribution in [0.4, 0.5) is 4.39 Å². The van der Waals surface area contributed by atoms with Crippen LogP contribution in [0.2, 0.25) is 0 Å². The first-order chi connectivity index (χ1) is 12.5. The van der Waals surface area contributed by atoms with E-state index in [1.165, 1.54) is 32.5 Å². The van der Waals surface area contributed by atoms with Crippen LogP contribution in [0.25, 0.3) is 16.3 Å². The molecule has 0 aliphatic heterocycles. The minimum absolute atomic E-state index is 0.349. The van der Waals surface area contributed by atoms with E-state index in [0.29, 0.717) is 22.4 Å². The number of nitrogens with zero attached hydrogens (tertiary/aromatic N) is 2. The molecule has 6 nitrogen and oxygen atoms in total. The molecule has 0 N–H and O–H groups in total. The van der Waals surface area contributed by atoms with Crippen molar-refractivity contribution >= 4 is 28.2 Å². The van der Waals surface area contributed by atoms with Crippen LogP contribution in [-0.2, 0) is 19.1 Å². The number of benzene rings is 1. The molecule has 4 rings (SSSR count). The van der Waals surface area contributed by atoms with Crippen LogP contribution >= 0.6 is 0 Å². The quantitative estimate of drug-likeness (QED) is 0.531. The largest absolute Gasteiger partial charge is 0.468 e. The molecule has 134 valence electrons. The first-order valence-corrected chi connectivity index (χ1v) is 8.30. The van der Waals surface area contributed by atoms with E-state index in [9.17, 15) is 14.0 Å². The van der Waals surface area contributed by atoms with Gasteiger partial charge in [-0.3, -0.25) is 9.59 Å². The van der Waals surface area contributed by atoms with Crippen molar-refractivity contribution in [3.8, 4) is 0 Å². The van der Waals surface area contributed by atoms with Gasteiger partial charge in [-0.25, -0.2) is 8.91 Å².